The van der Waals surface area contributed by atoms with Gasteiger partial charge in [-0.2, -0.15) is 5.10 Å². The molecule has 0 spiro atoms. The molecule has 11 heteroatoms. The highest BCUT2D eigenvalue weighted by Gasteiger charge is 2.30. The molecule has 0 fully saturated rings. The topological polar surface area (TPSA) is 142 Å². The largest absolute Gasteiger partial charge is 0.359 e. The molecule has 0 bridgehead atoms. The van der Waals surface area contributed by atoms with Gasteiger partial charge in [-0.05, 0) is 25.0 Å². The predicted molar refractivity (Wildman–Crippen MR) is 126 cm³/mol. The molecule has 0 aromatic carbocycles. The third-order valence-corrected chi connectivity index (χ3v) is 5.61. The average Bonchev–Trinajstić information content (AvgIpc) is 3.60. The number of carbonyl (C=O) groups excluding carboxylic acids is 2. The van der Waals surface area contributed by atoms with Crippen LogP contribution >= 0.6 is 0 Å². The standard InChI is InChI=1S/C23H21N9O2/c1-14-15(2-3-20(33)32-9-8-25-13-32)21(19-12-24-4-5-27-19)17(30-14)10-18-22(28-7-6-26-18)16-11-29-31-23(16)34/h4-13,16,26,30H,2-3H2,1H3,(H,31,34). The molecule has 3 aromatic rings. The highest BCUT2D eigenvalue weighted by Crippen LogP contribution is 2.32. The van der Waals surface area contributed by atoms with Crippen LogP contribution < -0.4 is 10.7 Å². The van der Waals surface area contributed by atoms with Gasteiger partial charge in [-0.15, -0.1) is 0 Å². The van der Waals surface area contributed by atoms with Gasteiger partial charge < -0.3 is 10.3 Å². The molecular formula is C23H21N9O2. The smallest absolute Gasteiger partial charge is 0.254 e. The number of aliphatic imine (C=N–C) groups is 1. The van der Waals surface area contributed by atoms with E-state index in [-0.39, 0.29) is 11.8 Å². The van der Waals surface area contributed by atoms with Crippen LogP contribution in [-0.4, -0.2) is 48.2 Å². The maximum atomic E-state index is 12.6. The number of hydrogen-bond donors (Lipinski definition) is 3. The monoisotopic (exact) mass is 455 g/mol. The quantitative estimate of drug-likeness (QED) is 0.518. The lowest BCUT2D eigenvalue weighted by molar-refractivity contribution is -0.120. The van der Waals surface area contributed by atoms with Crippen LogP contribution in [0.15, 0.2) is 65.5 Å². The van der Waals surface area contributed by atoms with Gasteiger partial charge in [-0.1, -0.05) is 0 Å². The first-order valence-corrected chi connectivity index (χ1v) is 10.6. The maximum absolute atomic E-state index is 12.6. The van der Waals surface area contributed by atoms with E-state index in [1.807, 2.05) is 13.0 Å². The Balaban J connectivity index is 1.53. The molecule has 1 amide bonds. The van der Waals surface area contributed by atoms with Gasteiger partial charge in [0.1, 0.15) is 12.2 Å². The Morgan fingerprint density at radius 1 is 1.24 bits per heavy atom. The summed E-state index contributed by atoms with van der Waals surface area (Å²) >= 11 is 0. The maximum Gasteiger partial charge on any atom is 0.254 e. The molecule has 0 saturated carbocycles. The van der Waals surface area contributed by atoms with Gasteiger partial charge in [-0.25, -0.2) is 10.4 Å². The zero-order valence-corrected chi connectivity index (χ0v) is 18.3. The fourth-order valence-electron chi connectivity index (χ4n) is 4.00. The number of nitrogens with one attached hydrogen (secondary N) is 3. The summed E-state index contributed by atoms with van der Waals surface area (Å²) in [7, 11) is 0. The van der Waals surface area contributed by atoms with Crippen molar-refractivity contribution in [1.29, 1.82) is 0 Å². The van der Waals surface area contributed by atoms with Crippen molar-refractivity contribution in [3.8, 4) is 11.3 Å². The molecule has 3 N–H and O–H groups in total. The van der Waals surface area contributed by atoms with Crippen molar-refractivity contribution in [1.82, 2.24) is 35.2 Å². The van der Waals surface area contributed by atoms with Crippen molar-refractivity contribution in [3.63, 3.8) is 0 Å². The highest BCUT2D eigenvalue weighted by molar-refractivity contribution is 6.24. The molecule has 3 aromatic heterocycles. The molecule has 1 unspecified atom stereocenters. The third-order valence-electron chi connectivity index (χ3n) is 5.61. The van der Waals surface area contributed by atoms with Gasteiger partial charge in [0, 0.05) is 61.1 Å². The van der Waals surface area contributed by atoms with E-state index in [0.717, 1.165) is 22.5 Å². The Morgan fingerprint density at radius 2 is 2.15 bits per heavy atom. The average molecular weight is 455 g/mol. The molecule has 11 nitrogen and oxygen atoms in total. The van der Waals surface area contributed by atoms with Crippen LogP contribution in [0.4, 0.5) is 0 Å². The van der Waals surface area contributed by atoms with E-state index in [1.54, 1.807) is 43.4 Å². The normalized spacial score (nSPS) is 18.1. The molecule has 0 saturated heterocycles. The van der Waals surface area contributed by atoms with Gasteiger partial charge in [0.05, 0.1) is 29.0 Å². The second-order valence-corrected chi connectivity index (χ2v) is 7.74. The molecule has 5 heterocycles. The summed E-state index contributed by atoms with van der Waals surface area (Å²) in [6.45, 7) is 1.96. The van der Waals surface area contributed by atoms with Crippen molar-refractivity contribution in [3.05, 3.63) is 72.4 Å². The Hall–Kier alpha value is -4.67. The van der Waals surface area contributed by atoms with Gasteiger partial charge in [0.25, 0.3) is 5.91 Å². The number of carbonyl (C=O) groups is 2. The number of allylic oxidation sites excluding steroid dienone is 1. The van der Waals surface area contributed by atoms with Crippen LogP contribution in [0.5, 0.6) is 0 Å². The first-order chi connectivity index (χ1) is 16.6. The number of aromatic nitrogens is 5. The van der Waals surface area contributed by atoms with Crippen LogP contribution in [0.2, 0.25) is 0 Å². The van der Waals surface area contributed by atoms with Gasteiger partial charge in [0.2, 0.25) is 5.91 Å². The second kappa shape index (κ2) is 9.06. The number of aryl methyl sites for hydroxylation is 1. The van der Waals surface area contributed by atoms with E-state index in [4.69, 9.17) is 0 Å². The molecule has 0 radical (unpaired) electrons. The van der Waals surface area contributed by atoms with Crippen LogP contribution in [0.3, 0.4) is 0 Å². The van der Waals surface area contributed by atoms with E-state index in [0.29, 0.717) is 29.9 Å². The van der Waals surface area contributed by atoms with Crippen molar-refractivity contribution in [2.24, 2.45) is 16.0 Å². The van der Waals surface area contributed by atoms with Crippen molar-refractivity contribution in [2.75, 3.05) is 0 Å². The molecule has 170 valence electrons. The minimum Gasteiger partial charge on any atom is -0.359 e. The Bertz CT molecular complexity index is 1350. The molecular weight excluding hydrogens is 434 g/mol. The van der Waals surface area contributed by atoms with Crippen LogP contribution in [-0.2, 0) is 11.2 Å². The number of amides is 1. The van der Waals surface area contributed by atoms with Gasteiger partial charge in [0.15, 0.2) is 0 Å². The predicted octanol–water partition coefficient (Wildman–Crippen LogP) is 1.84. The fourth-order valence-corrected chi connectivity index (χ4v) is 4.00. The first-order valence-electron chi connectivity index (χ1n) is 10.6. The summed E-state index contributed by atoms with van der Waals surface area (Å²) in [5.41, 5.74) is 7.82. The Labute approximate surface area is 194 Å². The number of H-pyrrole nitrogens is 1. The summed E-state index contributed by atoms with van der Waals surface area (Å²) in [5.74, 6) is -0.882. The van der Waals surface area contributed by atoms with Crippen molar-refractivity contribution < 1.29 is 9.59 Å². The van der Waals surface area contributed by atoms with Crippen molar-refractivity contribution in [2.45, 2.75) is 19.8 Å². The van der Waals surface area contributed by atoms with Gasteiger partial charge >= 0.3 is 0 Å². The lowest BCUT2D eigenvalue weighted by atomic mass is 9.97. The Kier molecular flexibility index (Phi) is 5.65. The second-order valence-electron chi connectivity index (χ2n) is 7.74. The summed E-state index contributed by atoms with van der Waals surface area (Å²) < 4.78 is 1.47. The fraction of sp³-hybridized carbons (Fsp3) is 0.174. The van der Waals surface area contributed by atoms with E-state index < -0.39 is 5.92 Å². The minimum atomic E-state index is -0.591. The lowest BCUT2D eigenvalue weighted by Gasteiger charge is -2.16. The highest BCUT2D eigenvalue weighted by atomic mass is 16.2. The SMILES string of the molecule is Cc1[nH]c(C=C2NC=CN=C2C2C=NNC2=O)c(-c2cnccn2)c1CCC(=O)n1ccnc1. The van der Waals surface area contributed by atoms with Crippen LogP contribution in [0.25, 0.3) is 17.3 Å². The summed E-state index contributed by atoms with van der Waals surface area (Å²) in [4.78, 5) is 45.3. The van der Waals surface area contributed by atoms with E-state index >= 15 is 0 Å². The van der Waals surface area contributed by atoms with E-state index in [1.165, 1.54) is 17.1 Å². The number of nitrogens with zero attached hydrogens (tertiary/aromatic N) is 6. The zero-order valence-electron chi connectivity index (χ0n) is 18.3. The molecule has 1 atom stereocenters. The van der Waals surface area contributed by atoms with Gasteiger partial charge in [-0.3, -0.25) is 29.1 Å². The first kappa shape index (κ1) is 21.2. The number of imidazole rings is 1. The number of aromatic amines is 1. The zero-order chi connectivity index (χ0) is 23.5. The molecule has 2 aliphatic rings. The number of rotatable bonds is 6. The van der Waals surface area contributed by atoms with Crippen LogP contribution in [0.1, 0.15) is 28.2 Å². The van der Waals surface area contributed by atoms with E-state index in [9.17, 15) is 9.59 Å². The number of hydrogen-bond acceptors (Lipinski definition) is 8. The molecule has 0 aliphatic carbocycles. The minimum absolute atomic E-state index is 0.0527. The molecule has 2 aliphatic heterocycles. The third kappa shape index (κ3) is 4.06. The Morgan fingerprint density at radius 3 is 2.88 bits per heavy atom. The summed E-state index contributed by atoms with van der Waals surface area (Å²) in [5, 5.41) is 7.04. The molecule has 5 rings (SSSR count). The molecule has 34 heavy (non-hydrogen) atoms. The summed E-state index contributed by atoms with van der Waals surface area (Å²) in [6.07, 6.45) is 17.2. The lowest BCUT2D eigenvalue weighted by Crippen LogP contribution is -2.32. The van der Waals surface area contributed by atoms with Crippen LogP contribution in [0, 0.1) is 12.8 Å². The summed E-state index contributed by atoms with van der Waals surface area (Å²) in [6, 6.07) is 0. The number of hydrazone groups is 1. The van der Waals surface area contributed by atoms with Crippen molar-refractivity contribution >= 4 is 29.8 Å². The van der Waals surface area contributed by atoms with E-state index in [2.05, 4.69) is 40.8 Å².